The third-order valence-corrected chi connectivity index (χ3v) is 5.26. The Hall–Kier alpha value is -2.50. The fraction of sp³-hybridized carbons (Fsp3) is 0.538. The number of likely N-dealkylation sites (tertiary alicyclic amines) is 1. The van der Waals surface area contributed by atoms with Gasteiger partial charge in [0.05, 0.1) is 28.7 Å². The number of carbonyl (C=O) groups excluding carboxylic acids is 3. The highest BCUT2D eigenvalue weighted by Crippen LogP contribution is 2.27. The Labute approximate surface area is 220 Å². The van der Waals surface area contributed by atoms with E-state index < -0.39 is 0 Å². The third-order valence-electron chi connectivity index (χ3n) is 4.28. The number of rotatable bonds is 6. The van der Waals surface area contributed by atoms with Crippen LogP contribution in [0, 0.1) is 12.8 Å². The molecule has 0 aliphatic carbocycles. The Balaban J connectivity index is 0. The van der Waals surface area contributed by atoms with Crippen LogP contribution >= 0.6 is 11.3 Å². The molecule has 1 atom stereocenters. The largest absolute Gasteiger partial charge is 0.391 e. The Morgan fingerprint density at radius 3 is 2.17 bits per heavy atom. The normalized spacial score (nSPS) is 13.6. The molecule has 1 aromatic heterocycles. The molecule has 1 unspecified atom stereocenters. The second-order valence-corrected chi connectivity index (χ2v) is 9.30. The summed E-state index contributed by atoms with van der Waals surface area (Å²) in [6.45, 7) is 13.2. The summed E-state index contributed by atoms with van der Waals surface area (Å²) in [6.07, 6.45) is 1.06. The van der Waals surface area contributed by atoms with Crippen LogP contribution in [0.5, 0.6) is 0 Å². The van der Waals surface area contributed by atoms with Crippen molar-refractivity contribution in [3.63, 3.8) is 0 Å². The number of hydrogen-bond acceptors (Lipinski definition) is 9. The number of benzene rings is 1. The van der Waals surface area contributed by atoms with E-state index in [9.17, 15) is 4.79 Å². The summed E-state index contributed by atoms with van der Waals surface area (Å²) in [5.74, 6) is 0.907. The molecule has 36 heavy (non-hydrogen) atoms. The van der Waals surface area contributed by atoms with Crippen molar-refractivity contribution in [1.82, 2.24) is 20.5 Å². The second-order valence-electron chi connectivity index (χ2n) is 8.44. The summed E-state index contributed by atoms with van der Waals surface area (Å²) >= 11 is 1.70. The first-order chi connectivity index (χ1) is 17.2. The van der Waals surface area contributed by atoms with Gasteiger partial charge < -0.3 is 36.0 Å². The molecule has 1 saturated heterocycles. The first kappa shape index (κ1) is 35.7. The minimum Gasteiger partial charge on any atom is -0.391 e. The molecular formula is C26H45N5O4S. The maximum Gasteiger partial charge on any atom is 0.236 e. The molecule has 1 amide bonds. The van der Waals surface area contributed by atoms with Gasteiger partial charge in [0.1, 0.15) is 13.1 Å². The summed E-state index contributed by atoms with van der Waals surface area (Å²) in [6, 6.07) is 8.64. The zero-order chi connectivity index (χ0) is 27.9. The number of amides is 1. The maximum atomic E-state index is 11.1. The number of aldehydes is 1. The van der Waals surface area contributed by atoms with Crippen LogP contribution in [0.15, 0.2) is 29.8 Å². The van der Waals surface area contributed by atoms with Crippen molar-refractivity contribution in [2.45, 2.75) is 46.8 Å². The van der Waals surface area contributed by atoms with Crippen LogP contribution in [0.2, 0.25) is 0 Å². The number of nitrogens with two attached hydrogens (primary N) is 1. The lowest BCUT2D eigenvalue weighted by Crippen LogP contribution is -2.35. The number of β-amino-alcohol motifs (C(OH)–C–C–N with tert-alkyl or cyclic N) is 1. The van der Waals surface area contributed by atoms with Crippen LogP contribution < -0.4 is 16.4 Å². The molecule has 1 fully saturated rings. The van der Waals surface area contributed by atoms with E-state index in [-0.39, 0.29) is 18.6 Å². The number of aliphatic hydroxyl groups excluding tert-OH is 1. The SMILES string of the molecule is C=O.CC(C)C.CNCC(=O)N1CCC(O)C1.CNCc1ccc(-c2scnc2C)cc1.NCC=O. The number of likely N-dealkylation sites (N-methyl/N-ethyl adjacent to an activating group) is 1. The van der Waals surface area contributed by atoms with E-state index >= 15 is 0 Å². The molecular weight excluding hydrogens is 478 g/mol. The van der Waals surface area contributed by atoms with Gasteiger partial charge in [-0.2, -0.15) is 0 Å². The quantitative estimate of drug-likeness (QED) is 0.423. The van der Waals surface area contributed by atoms with Crippen molar-refractivity contribution < 1.29 is 19.5 Å². The van der Waals surface area contributed by atoms with Crippen LogP contribution in [0.25, 0.3) is 10.4 Å². The van der Waals surface area contributed by atoms with Crippen molar-refractivity contribution in [1.29, 1.82) is 0 Å². The topological polar surface area (TPSA) is 138 Å². The van der Waals surface area contributed by atoms with Gasteiger partial charge >= 0.3 is 0 Å². The monoisotopic (exact) mass is 523 g/mol. The molecule has 5 N–H and O–H groups in total. The van der Waals surface area contributed by atoms with E-state index in [1.165, 1.54) is 16.0 Å². The highest BCUT2D eigenvalue weighted by Gasteiger charge is 2.23. The Bertz CT molecular complexity index is 812. The molecule has 0 spiro atoms. The molecule has 0 radical (unpaired) electrons. The van der Waals surface area contributed by atoms with Gasteiger partial charge in [0.15, 0.2) is 0 Å². The van der Waals surface area contributed by atoms with Gasteiger partial charge in [0.25, 0.3) is 0 Å². The Morgan fingerprint density at radius 1 is 1.25 bits per heavy atom. The van der Waals surface area contributed by atoms with E-state index in [0.717, 1.165) is 24.6 Å². The lowest BCUT2D eigenvalue weighted by atomic mass is 10.1. The number of nitrogens with one attached hydrogen (secondary N) is 2. The minimum atomic E-state index is -0.309. The van der Waals surface area contributed by atoms with Crippen molar-refractivity contribution in [3.05, 3.63) is 41.0 Å². The maximum absolute atomic E-state index is 11.1. The van der Waals surface area contributed by atoms with E-state index in [1.54, 1.807) is 23.3 Å². The van der Waals surface area contributed by atoms with E-state index in [1.807, 2.05) is 26.3 Å². The average Bonchev–Trinajstić information content (AvgIpc) is 3.50. The zero-order valence-electron chi connectivity index (χ0n) is 22.6. The van der Waals surface area contributed by atoms with Crippen molar-refractivity contribution in [2.75, 3.05) is 40.3 Å². The third kappa shape index (κ3) is 17.0. The van der Waals surface area contributed by atoms with E-state index in [4.69, 9.17) is 14.7 Å². The highest BCUT2D eigenvalue weighted by atomic mass is 32.1. The molecule has 9 nitrogen and oxygen atoms in total. The molecule has 1 aliphatic heterocycles. The first-order valence-electron chi connectivity index (χ1n) is 11.9. The molecule has 0 saturated carbocycles. The van der Waals surface area contributed by atoms with Gasteiger partial charge in [0, 0.05) is 26.2 Å². The van der Waals surface area contributed by atoms with Gasteiger partial charge in [-0.15, -0.1) is 11.3 Å². The standard InChI is InChI=1S/C12H14N2S.C7H14N2O2.C4H10.C2H5NO.CH2O/c1-9-12(15-8-14-9)11-5-3-10(4-6-11)7-13-2;1-8-4-7(11)9-3-2-6(10)5-9;1-4(2)3;3-1-2-4;1-2/h3-6,8,13H,7H2,1-2H3;6,8,10H,2-5H2,1H3;4H,1-3H3;2H,1,3H2;1H2. The van der Waals surface area contributed by atoms with Gasteiger partial charge in [-0.25, -0.2) is 4.98 Å². The minimum absolute atomic E-state index is 0.0732. The molecule has 2 heterocycles. The summed E-state index contributed by atoms with van der Waals surface area (Å²) in [5, 5.41) is 15.0. The van der Waals surface area contributed by atoms with Gasteiger partial charge in [-0.3, -0.25) is 4.79 Å². The summed E-state index contributed by atoms with van der Waals surface area (Å²) in [4.78, 5) is 35.4. The zero-order valence-corrected chi connectivity index (χ0v) is 23.4. The predicted octanol–water partition coefficient (Wildman–Crippen LogP) is 2.26. The molecule has 1 aromatic carbocycles. The Morgan fingerprint density at radius 2 is 1.81 bits per heavy atom. The van der Waals surface area contributed by atoms with E-state index in [0.29, 0.717) is 25.9 Å². The summed E-state index contributed by atoms with van der Waals surface area (Å²) in [7, 11) is 3.70. The first-order valence-corrected chi connectivity index (χ1v) is 12.7. The van der Waals surface area contributed by atoms with Crippen molar-refractivity contribution in [3.8, 4) is 10.4 Å². The molecule has 2 aromatic rings. The highest BCUT2D eigenvalue weighted by molar-refractivity contribution is 7.13. The number of aliphatic hydroxyl groups is 1. The van der Waals surface area contributed by atoms with Crippen LogP contribution in [-0.2, 0) is 20.9 Å². The van der Waals surface area contributed by atoms with Crippen LogP contribution in [0.3, 0.4) is 0 Å². The lowest BCUT2D eigenvalue weighted by molar-refractivity contribution is -0.129. The van der Waals surface area contributed by atoms with Gasteiger partial charge in [-0.05, 0) is 44.5 Å². The smallest absolute Gasteiger partial charge is 0.236 e. The number of carbonyl (C=O) groups is 3. The summed E-state index contributed by atoms with van der Waals surface area (Å²) in [5.41, 5.74) is 10.2. The van der Waals surface area contributed by atoms with Gasteiger partial charge in [-0.1, -0.05) is 45.0 Å². The molecule has 0 bridgehead atoms. The van der Waals surface area contributed by atoms with Gasteiger partial charge in [0.2, 0.25) is 5.91 Å². The molecule has 3 rings (SSSR count). The predicted molar refractivity (Wildman–Crippen MR) is 149 cm³/mol. The average molecular weight is 524 g/mol. The number of thiazole rings is 1. The Kier molecular flexibility index (Phi) is 22.7. The van der Waals surface area contributed by atoms with Crippen LogP contribution in [0.4, 0.5) is 0 Å². The molecule has 204 valence electrons. The fourth-order valence-corrected chi connectivity index (χ4v) is 3.60. The van der Waals surface area contributed by atoms with Crippen LogP contribution in [-0.4, -0.2) is 80.4 Å². The second kappa shape index (κ2) is 22.9. The number of aromatic nitrogens is 1. The number of nitrogens with zero attached hydrogens (tertiary/aromatic N) is 2. The summed E-state index contributed by atoms with van der Waals surface area (Å²) < 4.78 is 0. The number of aryl methyl sites for hydroxylation is 1. The van der Waals surface area contributed by atoms with Crippen molar-refractivity contribution in [2.24, 2.45) is 11.7 Å². The molecule has 10 heteroatoms. The van der Waals surface area contributed by atoms with Crippen LogP contribution in [0.1, 0.15) is 38.4 Å². The molecule has 1 aliphatic rings. The lowest BCUT2D eigenvalue weighted by Gasteiger charge is -2.14. The van der Waals surface area contributed by atoms with E-state index in [2.05, 4.69) is 66.4 Å². The number of hydrogen-bond donors (Lipinski definition) is 4. The van der Waals surface area contributed by atoms with Crippen molar-refractivity contribution >= 4 is 30.3 Å². The fourth-order valence-electron chi connectivity index (χ4n) is 2.79.